The molecule has 3 N–H and O–H groups in total. The third-order valence-electron chi connectivity index (χ3n) is 3.08. The van der Waals surface area contributed by atoms with E-state index in [4.69, 9.17) is 0 Å². The lowest BCUT2D eigenvalue weighted by molar-refractivity contribution is -0.118. The molecule has 4 heteroatoms. The highest BCUT2D eigenvalue weighted by atomic mass is 16.3. The maximum atomic E-state index is 11.6. The second-order valence-electron chi connectivity index (χ2n) is 5.24. The summed E-state index contributed by atoms with van der Waals surface area (Å²) in [6, 6.07) is 14.7. The second-order valence-corrected chi connectivity index (χ2v) is 5.24. The number of anilines is 2. The average Bonchev–Trinajstić information content (AvgIpc) is 2.46. The second kappa shape index (κ2) is 6.79. The van der Waals surface area contributed by atoms with Crippen LogP contribution in [0.3, 0.4) is 0 Å². The molecule has 0 bridgehead atoms. The van der Waals surface area contributed by atoms with Gasteiger partial charge in [-0.1, -0.05) is 26.0 Å². The molecule has 2 aromatic rings. The molecule has 0 unspecified atom stereocenters. The first-order valence-electron chi connectivity index (χ1n) is 6.97. The number of aromatic hydroxyl groups is 1. The number of rotatable bonds is 5. The summed E-state index contributed by atoms with van der Waals surface area (Å²) in [6.45, 7) is 4.35. The maximum absolute atomic E-state index is 11.6. The Bertz CT molecular complexity index is 606. The van der Waals surface area contributed by atoms with Gasteiger partial charge in [0.05, 0.1) is 0 Å². The van der Waals surface area contributed by atoms with E-state index in [-0.39, 0.29) is 17.6 Å². The maximum Gasteiger partial charge on any atom is 0.226 e. The van der Waals surface area contributed by atoms with Gasteiger partial charge in [-0.15, -0.1) is 0 Å². The molecule has 4 nitrogen and oxygen atoms in total. The Morgan fingerprint density at radius 1 is 1.10 bits per heavy atom. The predicted octanol–water partition coefficient (Wildman–Crippen LogP) is 3.60. The minimum atomic E-state index is -0.0337. The Balaban J connectivity index is 1.92. The lowest BCUT2D eigenvalue weighted by Crippen LogP contribution is -2.17. The van der Waals surface area contributed by atoms with Gasteiger partial charge in [0.1, 0.15) is 5.75 Å². The molecular formula is C17H20N2O2. The molecule has 0 atom stereocenters. The standard InChI is InChI=1S/C17H20N2O2/c1-12(2)17(21)19-15-8-6-14(7-9-15)18-11-13-4-3-5-16(20)10-13/h3-10,12,18,20H,11H2,1-2H3,(H,19,21). The fraction of sp³-hybridized carbons (Fsp3) is 0.235. The van der Waals surface area contributed by atoms with Crippen molar-refractivity contribution >= 4 is 17.3 Å². The fourth-order valence-electron chi connectivity index (χ4n) is 1.83. The zero-order chi connectivity index (χ0) is 15.2. The number of nitrogens with one attached hydrogen (secondary N) is 2. The summed E-state index contributed by atoms with van der Waals surface area (Å²) in [6.07, 6.45) is 0. The third kappa shape index (κ3) is 4.53. The van der Waals surface area contributed by atoms with Crippen LogP contribution in [0.15, 0.2) is 48.5 Å². The van der Waals surface area contributed by atoms with Gasteiger partial charge in [0.15, 0.2) is 0 Å². The Kier molecular flexibility index (Phi) is 4.82. The van der Waals surface area contributed by atoms with Gasteiger partial charge in [-0.05, 0) is 42.0 Å². The van der Waals surface area contributed by atoms with Crippen LogP contribution in [0.2, 0.25) is 0 Å². The highest BCUT2D eigenvalue weighted by Crippen LogP contribution is 2.16. The van der Waals surface area contributed by atoms with Gasteiger partial charge in [-0.3, -0.25) is 4.79 Å². The van der Waals surface area contributed by atoms with E-state index in [9.17, 15) is 9.90 Å². The van der Waals surface area contributed by atoms with Crippen LogP contribution in [0.1, 0.15) is 19.4 Å². The van der Waals surface area contributed by atoms with E-state index in [1.54, 1.807) is 12.1 Å². The number of carbonyl (C=O) groups excluding carboxylic acids is 1. The molecule has 0 radical (unpaired) electrons. The monoisotopic (exact) mass is 284 g/mol. The van der Waals surface area contributed by atoms with Gasteiger partial charge in [-0.2, -0.15) is 0 Å². The minimum Gasteiger partial charge on any atom is -0.508 e. The van der Waals surface area contributed by atoms with Crippen molar-refractivity contribution in [2.45, 2.75) is 20.4 Å². The Hall–Kier alpha value is -2.49. The van der Waals surface area contributed by atoms with E-state index in [2.05, 4.69) is 10.6 Å². The largest absolute Gasteiger partial charge is 0.508 e. The van der Waals surface area contributed by atoms with Crippen molar-refractivity contribution in [3.05, 3.63) is 54.1 Å². The van der Waals surface area contributed by atoms with Crippen LogP contribution in [-0.2, 0) is 11.3 Å². The van der Waals surface area contributed by atoms with Crippen LogP contribution in [0.4, 0.5) is 11.4 Å². The van der Waals surface area contributed by atoms with Crippen LogP contribution in [0, 0.1) is 5.92 Å². The zero-order valence-electron chi connectivity index (χ0n) is 12.3. The summed E-state index contributed by atoms with van der Waals surface area (Å²) >= 11 is 0. The first kappa shape index (κ1) is 14.9. The summed E-state index contributed by atoms with van der Waals surface area (Å²) < 4.78 is 0. The Morgan fingerprint density at radius 3 is 2.38 bits per heavy atom. The number of carbonyl (C=O) groups is 1. The molecule has 0 aromatic heterocycles. The lowest BCUT2D eigenvalue weighted by Gasteiger charge is -2.10. The van der Waals surface area contributed by atoms with Crippen molar-refractivity contribution in [2.75, 3.05) is 10.6 Å². The molecule has 0 saturated carbocycles. The summed E-state index contributed by atoms with van der Waals surface area (Å²) in [4.78, 5) is 11.6. The van der Waals surface area contributed by atoms with Gasteiger partial charge in [0.2, 0.25) is 5.91 Å². The number of phenolic OH excluding ortho intramolecular Hbond substituents is 1. The molecule has 21 heavy (non-hydrogen) atoms. The molecule has 2 rings (SSSR count). The highest BCUT2D eigenvalue weighted by Gasteiger charge is 2.06. The van der Waals surface area contributed by atoms with Crippen molar-refractivity contribution in [3.63, 3.8) is 0 Å². The summed E-state index contributed by atoms with van der Waals surface area (Å²) in [5, 5.41) is 15.5. The van der Waals surface area contributed by atoms with Crippen LogP contribution in [-0.4, -0.2) is 11.0 Å². The number of amides is 1. The lowest BCUT2D eigenvalue weighted by atomic mass is 10.2. The van der Waals surface area contributed by atoms with Crippen LogP contribution in [0.25, 0.3) is 0 Å². The molecule has 0 aliphatic rings. The van der Waals surface area contributed by atoms with Gasteiger partial charge in [0.25, 0.3) is 0 Å². The van der Waals surface area contributed by atoms with E-state index in [1.165, 1.54) is 0 Å². The van der Waals surface area contributed by atoms with Crippen LogP contribution in [0.5, 0.6) is 5.75 Å². The van der Waals surface area contributed by atoms with Crippen molar-refractivity contribution in [3.8, 4) is 5.75 Å². The smallest absolute Gasteiger partial charge is 0.226 e. The molecule has 0 heterocycles. The minimum absolute atomic E-state index is 0.00969. The number of benzene rings is 2. The molecule has 2 aromatic carbocycles. The van der Waals surface area contributed by atoms with Gasteiger partial charge < -0.3 is 15.7 Å². The van der Waals surface area contributed by atoms with Crippen LogP contribution >= 0.6 is 0 Å². The quantitative estimate of drug-likeness (QED) is 0.786. The Labute approximate surface area is 124 Å². The van der Waals surface area contributed by atoms with E-state index in [0.717, 1.165) is 16.9 Å². The van der Waals surface area contributed by atoms with Gasteiger partial charge in [-0.25, -0.2) is 0 Å². The molecular weight excluding hydrogens is 264 g/mol. The summed E-state index contributed by atoms with van der Waals surface area (Å²) in [7, 11) is 0. The van der Waals surface area contributed by atoms with E-state index in [0.29, 0.717) is 6.54 Å². The molecule has 0 spiro atoms. The van der Waals surface area contributed by atoms with Crippen molar-refractivity contribution in [1.82, 2.24) is 0 Å². The van der Waals surface area contributed by atoms with Gasteiger partial charge >= 0.3 is 0 Å². The van der Waals surface area contributed by atoms with Gasteiger partial charge in [0, 0.05) is 23.8 Å². The topological polar surface area (TPSA) is 61.4 Å². The first-order valence-corrected chi connectivity index (χ1v) is 6.97. The molecule has 0 fully saturated rings. The van der Waals surface area contributed by atoms with E-state index < -0.39 is 0 Å². The highest BCUT2D eigenvalue weighted by molar-refractivity contribution is 5.92. The Morgan fingerprint density at radius 2 is 1.76 bits per heavy atom. The molecule has 0 aliphatic carbocycles. The summed E-state index contributed by atoms with van der Waals surface area (Å²) in [5.41, 5.74) is 2.75. The van der Waals surface area contributed by atoms with Crippen molar-refractivity contribution < 1.29 is 9.90 Å². The van der Waals surface area contributed by atoms with E-state index in [1.807, 2.05) is 50.2 Å². The number of hydrogen-bond acceptors (Lipinski definition) is 3. The van der Waals surface area contributed by atoms with E-state index >= 15 is 0 Å². The molecule has 0 saturated heterocycles. The first-order chi connectivity index (χ1) is 10.0. The third-order valence-corrected chi connectivity index (χ3v) is 3.08. The summed E-state index contributed by atoms with van der Waals surface area (Å²) in [5.74, 6) is 0.241. The molecule has 1 amide bonds. The predicted molar refractivity (Wildman–Crippen MR) is 85.3 cm³/mol. The zero-order valence-corrected chi connectivity index (χ0v) is 12.3. The fourth-order valence-corrected chi connectivity index (χ4v) is 1.83. The normalized spacial score (nSPS) is 10.4. The number of phenols is 1. The number of hydrogen-bond donors (Lipinski definition) is 3. The molecule has 0 aliphatic heterocycles. The molecule has 110 valence electrons. The average molecular weight is 284 g/mol. The van der Waals surface area contributed by atoms with Crippen LogP contribution < -0.4 is 10.6 Å². The SMILES string of the molecule is CC(C)C(=O)Nc1ccc(NCc2cccc(O)c2)cc1. The van der Waals surface area contributed by atoms with Crippen molar-refractivity contribution in [1.29, 1.82) is 0 Å². The van der Waals surface area contributed by atoms with Crippen molar-refractivity contribution in [2.24, 2.45) is 5.92 Å².